The number of aryl methyl sites for hydroxylation is 2. The molecule has 3 rings (SSSR count). The maximum Gasteiger partial charge on any atom is 0.255 e. The Hall–Kier alpha value is -3.38. The summed E-state index contributed by atoms with van der Waals surface area (Å²) in [5.74, 6) is 0.557. The van der Waals surface area contributed by atoms with Gasteiger partial charge in [-0.1, -0.05) is 6.07 Å². The van der Waals surface area contributed by atoms with E-state index in [9.17, 15) is 4.79 Å². The molecule has 0 unspecified atom stereocenters. The number of hydrogen-bond donors (Lipinski definition) is 3. The summed E-state index contributed by atoms with van der Waals surface area (Å²) in [6.45, 7) is 4.13. The van der Waals surface area contributed by atoms with Gasteiger partial charge in [-0.15, -0.1) is 0 Å². The lowest BCUT2D eigenvalue weighted by Crippen LogP contribution is -2.19. The van der Waals surface area contributed by atoms with Gasteiger partial charge in [0.25, 0.3) is 5.91 Å². The molecule has 0 bridgehead atoms. The Morgan fingerprint density at radius 3 is 1.93 bits per heavy atom. The number of methoxy groups -OCH3 is 1. The summed E-state index contributed by atoms with van der Waals surface area (Å²) >= 11 is 5.37. The zero-order valence-electron chi connectivity index (χ0n) is 16.6. The van der Waals surface area contributed by atoms with Gasteiger partial charge in [0.15, 0.2) is 5.11 Å². The summed E-state index contributed by atoms with van der Waals surface area (Å²) < 4.78 is 5.12. The third-order valence-electron chi connectivity index (χ3n) is 4.52. The van der Waals surface area contributed by atoms with Gasteiger partial charge >= 0.3 is 0 Å². The maximum absolute atomic E-state index is 12.4. The van der Waals surface area contributed by atoms with Crippen molar-refractivity contribution < 1.29 is 9.53 Å². The molecular formula is C23H23N3O2S. The van der Waals surface area contributed by atoms with Crippen molar-refractivity contribution in [3.8, 4) is 5.75 Å². The zero-order valence-corrected chi connectivity index (χ0v) is 17.4. The molecular weight excluding hydrogens is 382 g/mol. The highest BCUT2D eigenvalue weighted by Crippen LogP contribution is 2.18. The van der Waals surface area contributed by atoms with Gasteiger partial charge in [0, 0.05) is 22.6 Å². The number of amides is 1. The van der Waals surface area contributed by atoms with Crippen LogP contribution in [-0.2, 0) is 0 Å². The minimum absolute atomic E-state index is 0.183. The van der Waals surface area contributed by atoms with Crippen molar-refractivity contribution in [2.75, 3.05) is 23.1 Å². The van der Waals surface area contributed by atoms with E-state index < -0.39 is 0 Å². The number of nitrogens with one attached hydrogen (secondary N) is 3. The minimum Gasteiger partial charge on any atom is -0.497 e. The van der Waals surface area contributed by atoms with Crippen LogP contribution in [0.4, 0.5) is 17.1 Å². The fourth-order valence-electron chi connectivity index (χ4n) is 2.70. The number of anilines is 3. The molecule has 0 saturated heterocycles. The largest absolute Gasteiger partial charge is 0.497 e. The van der Waals surface area contributed by atoms with Gasteiger partial charge in [0.1, 0.15) is 5.75 Å². The Morgan fingerprint density at radius 2 is 1.31 bits per heavy atom. The normalized spacial score (nSPS) is 10.2. The molecule has 0 aliphatic rings. The molecule has 3 aromatic carbocycles. The predicted octanol–water partition coefficient (Wildman–Crippen LogP) is 5.37. The minimum atomic E-state index is -0.183. The number of carbonyl (C=O) groups is 1. The molecule has 6 heteroatoms. The maximum atomic E-state index is 12.4. The third kappa shape index (κ3) is 5.56. The van der Waals surface area contributed by atoms with Crippen LogP contribution in [0.2, 0.25) is 0 Å². The molecule has 3 N–H and O–H groups in total. The number of ether oxygens (including phenoxy) is 1. The highest BCUT2D eigenvalue weighted by Gasteiger charge is 2.07. The molecule has 0 saturated carbocycles. The van der Waals surface area contributed by atoms with Gasteiger partial charge in [0.2, 0.25) is 0 Å². The van der Waals surface area contributed by atoms with Crippen LogP contribution in [0.1, 0.15) is 21.5 Å². The molecule has 0 radical (unpaired) electrons. The van der Waals surface area contributed by atoms with Gasteiger partial charge in [-0.05, 0) is 97.9 Å². The van der Waals surface area contributed by atoms with Crippen molar-refractivity contribution >= 4 is 40.3 Å². The van der Waals surface area contributed by atoms with E-state index in [-0.39, 0.29) is 5.91 Å². The quantitative estimate of drug-likeness (QED) is 0.498. The predicted molar refractivity (Wildman–Crippen MR) is 123 cm³/mol. The van der Waals surface area contributed by atoms with E-state index in [1.54, 1.807) is 43.5 Å². The van der Waals surface area contributed by atoms with Crippen LogP contribution < -0.4 is 20.7 Å². The molecule has 1 amide bonds. The van der Waals surface area contributed by atoms with Gasteiger partial charge in [-0.3, -0.25) is 4.79 Å². The van der Waals surface area contributed by atoms with Crippen LogP contribution in [0.5, 0.6) is 5.75 Å². The molecule has 3 aromatic rings. The molecule has 5 nitrogen and oxygen atoms in total. The number of benzene rings is 3. The standard InChI is InChI=1S/C23H23N3O2S/c1-15-4-7-20(14-16(15)2)26-23(29)25-19-8-5-17(6-9-19)22(27)24-18-10-12-21(28-3)13-11-18/h4-14H,1-3H3,(H,24,27)(H2,25,26,29). The molecule has 0 heterocycles. The van der Waals surface area contributed by atoms with E-state index in [2.05, 4.69) is 41.9 Å². The Kier molecular flexibility index (Phi) is 6.46. The lowest BCUT2D eigenvalue weighted by Gasteiger charge is -2.12. The van der Waals surface area contributed by atoms with Crippen molar-refractivity contribution in [2.24, 2.45) is 0 Å². The lowest BCUT2D eigenvalue weighted by atomic mass is 10.1. The molecule has 0 aliphatic heterocycles. The van der Waals surface area contributed by atoms with Crippen LogP contribution in [0.15, 0.2) is 66.7 Å². The second-order valence-corrected chi connectivity index (χ2v) is 7.05. The average Bonchev–Trinajstić information content (AvgIpc) is 2.72. The Balaban J connectivity index is 1.57. The van der Waals surface area contributed by atoms with Crippen LogP contribution in [0, 0.1) is 13.8 Å². The monoisotopic (exact) mass is 405 g/mol. The summed E-state index contributed by atoms with van der Waals surface area (Å²) in [4.78, 5) is 12.4. The van der Waals surface area contributed by atoms with Crippen LogP contribution >= 0.6 is 12.2 Å². The first-order valence-electron chi connectivity index (χ1n) is 9.15. The first-order chi connectivity index (χ1) is 13.9. The van der Waals surface area contributed by atoms with E-state index in [0.29, 0.717) is 16.4 Å². The third-order valence-corrected chi connectivity index (χ3v) is 4.72. The topological polar surface area (TPSA) is 62.4 Å². The molecule has 148 valence electrons. The van der Waals surface area contributed by atoms with E-state index in [4.69, 9.17) is 17.0 Å². The van der Waals surface area contributed by atoms with Gasteiger partial charge in [0.05, 0.1) is 7.11 Å². The van der Waals surface area contributed by atoms with Crippen LogP contribution in [0.3, 0.4) is 0 Å². The Bertz CT molecular complexity index is 1020. The summed E-state index contributed by atoms with van der Waals surface area (Å²) in [5, 5.41) is 9.65. The summed E-state index contributed by atoms with van der Waals surface area (Å²) in [7, 11) is 1.60. The van der Waals surface area contributed by atoms with Crippen LogP contribution in [-0.4, -0.2) is 18.1 Å². The lowest BCUT2D eigenvalue weighted by molar-refractivity contribution is 0.102. The molecule has 0 aromatic heterocycles. The van der Waals surface area contributed by atoms with E-state index in [0.717, 1.165) is 17.1 Å². The number of carbonyl (C=O) groups excluding carboxylic acids is 1. The smallest absolute Gasteiger partial charge is 0.255 e. The molecule has 0 spiro atoms. The van der Waals surface area contributed by atoms with Crippen molar-refractivity contribution in [2.45, 2.75) is 13.8 Å². The Labute approximate surface area is 176 Å². The van der Waals surface area contributed by atoms with Gasteiger partial charge in [-0.2, -0.15) is 0 Å². The van der Waals surface area contributed by atoms with E-state index >= 15 is 0 Å². The summed E-state index contributed by atoms with van der Waals surface area (Å²) in [6, 6.07) is 20.4. The molecule has 0 atom stereocenters. The molecule has 29 heavy (non-hydrogen) atoms. The summed E-state index contributed by atoms with van der Waals surface area (Å²) in [5.41, 5.74) is 5.42. The van der Waals surface area contributed by atoms with E-state index in [1.165, 1.54) is 11.1 Å². The fourth-order valence-corrected chi connectivity index (χ4v) is 2.93. The number of rotatable bonds is 5. The Morgan fingerprint density at radius 1 is 0.759 bits per heavy atom. The van der Waals surface area contributed by atoms with Gasteiger partial charge in [-0.25, -0.2) is 0 Å². The van der Waals surface area contributed by atoms with Crippen molar-refractivity contribution in [1.29, 1.82) is 0 Å². The fraction of sp³-hybridized carbons (Fsp3) is 0.130. The van der Waals surface area contributed by atoms with Gasteiger partial charge < -0.3 is 20.7 Å². The average molecular weight is 406 g/mol. The van der Waals surface area contributed by atoms with E-state index in [1.807, 2.05) is 18.2 Å². The first-order valence-corrected chi connectivity index (χ1v) is 9.56. The SMILES string of the molecule is COc1ccc(NC(=O)c2ccc(NC(=S)Nc3ccc(C)c(C)c3)cc2)cc1. The molecule has 0 aliphatic carbocycles. The second kappa shape index (κ2) is 9.21. The highest BCUT2D eigenvalue weighted by atomic mass is 32.1. The summed E-state index contributed by atoms with van der Waals surface area (Å²) in [6.07, 6.45) is 0. The van der Waals surface area contributed by atoms with Crippen molar-refractivity contribution in [3.05, 3.63) is 83.4 Å². The number of thiocarbonyl (C=S) groups is 1. The van der Waals surface area contributed by atoms with Crippen molar-refractivity contribution in [1.82, 2.24) is 0 Å². The second-order valence-electron chi connectivity index (χ2n) is 6.64. The zero-order chi connectivity index (χ0) is 20.8. The highest BCUT2D eigenvalue weighted by molar-refractivity contribution is 7.80. The molecule has 0 fully saturated rings. The van der Waals surface area contributed by atoms with Crippen LogP contribution in [0.25, 0.3) is 0 Å². The van der Waals surface area contributed by atoms with Crippen molar-refractivity contribution in [3.63, 3.8) is 0 Å². The number of hydrogen-bond acceptors (Lipinski definition) is 3. The first kappa shape index (κ1) is 20.4.